The standard InChI is InChI=1S/C18H15ClFNO4/c1-10(22)12-6-8-13(9-7-12)21-17(23)11(2)25-18(24)16-14(19)4-3-5-15(16)20/h3-9,11H,1-2H3,(H,21,23). The Morgan fingerprint density at radius 3 is 2.32 bits per heavy atom. The number of Topliss-reactive ketones (excluding diaryl/α,β-unsaturated/α-hetero) is 1. The second kappa shape index (κ2) is 7.90. The molecule has 1 amide bonds. The van der Waals surface area contributed by atoms with Gasteiger partial charge in [-0.15, -0.1) is 0 Å². The molecule has 0 bridgehead atoms. The summed E-state index contributed by atoms with van der Waals surface area (Å²) in [4.78, 5) is 35.3. The quantitative estimate of drug-likeness (QED) is 0.646. The minimum absolute atomic E-state index is 0.0954. The van der Waals surface area contributed by atoms with Crippen molar-refractivity contribution in [3.63, 3.8) is 0 Å². The van der Waals surface area contributed by atoms with Crippen LogP contribution in [-0.4, -0.2) is 23.8 Å². The smallest absolute Gasteiger partial charge is 0.343 e. The Labute approximate surface area is 148 Å². The van der Waals surface area contributed by atoms with Crippen molar-refractivity contribution < 1.29 is 23.5 Å². The van der Waals surface area contributed by atoms with E-state index in [4.69, 9.17) is 16.3 Å². The van der Waals surface area contributed by atoms with Crippen LogP contribution in [0, 0.1) is 5.82 Å². The minimum atomic E-state index is -1.17. The lowest BCUT2D eigenvalue weighted by Gasteiger charge is -2.14. The summed E-state index contributed by atoms with van der Waals surface area (Å²) in [5.41, 5.74) is 0.517. The number of ketones is 1. The number of hydrogen-bond donors (Lipinski definition) is 1. The van der Waals surface area contributed by atoms with Crippen molar-refractivity contribution >= 4 is 34.9 Å². The largest absolute Gasteiger partial charge is 0.449 e. The summed E-state index contributed by atoms with van der Waals surface area (Å²) in [5, 5.41) is 2.44. The first-order chi connectivity index (χ1) is 11.8. The summed E-state index contributed by atoms with van der Waals surface area (Å²) in [7, 11) is 0. The molecular weight excluding hydrogens is 349 g/mol. The van der Waals surface area contributed by atoms with E-state index >= 15 is 0 Å². The second-order valence-electron chi connectivity index (χ2n) is 5.27. The Bertz CT molecular complexity index is 800. The fourth-order valence-corrected chi connectivity index (χ4v) is 2.24. The minimum Gasteiger partial charge on any atom is -0.449 e. The van der Waals surface area contributed by atoms with Crippen molar-refractivity contribution in [1.82, 2.24) is 0 Å². The molecule has 0 aliphatic carbocycles. The molecule has 0 saturated carbocycles. The molecule has 0 fully saturated rings. The van der Waals surface area contributed by atoms with E-state index in [0.29, 0.717) is 11.3 Å². The van der Waals surface area contributed by atoms with Gasteiger partial charge in [0.15, 0.2) is 11.9 Å². The van der Waals surface area contributed by atoms with E-state index in [0.717, 1.165) is 6.07 Å². The van der Waals surface area contributed by atoms with Crippen LogP contribution in [0.1, 0.15) is 34.6 Å². The third-order valence-corrected chi connectivity index (χ3v) is 3.69. The molecule has 0 aliphatic rings. The number of esters is 1. The SMILES string of the molecule is CC(=O)c1ccc(NC(=O)C(C)OC(=O)c2c(F)cccc2Cl)cc1. The molecule has 1 unspecified atom stereocenters. The van der Waals surface area contributed by atoms with E-state index in [1.54, 1.807) is 24.3 Å². The zero-order valence-electron chi connectivity index (χ0n) is 13.5. The van der Waals surface area contributed by atoms with Gasteiger partial charge in [-0.2, -0.15) is 0 Å². The molecule has 2 rings (SSSR count). The van der Waals surface area contributed by atoms with E-state index in [9.17, 15) is 18.8 Å². The van der Waals surface area contributed by atoms with Gasteiger partial charge in [0.2, 0.25) is 0 Å². The predicted molar refractivity (Wildman–Crippen MR) is 91.4 cm³/mol. The molecule has 0 aromatic heterocycles. The van der Waals surface area contributed by atoms with Crippen LogP contribution in [0.3, 0.4) is 0 Å². The molecule has 0 heterocycles. The maximum absolute atomic E-state index is 13.7. The van der Waals surface area contributed by atoms with E-state index in [1.807, 2.05) is 0 Å². The first-order valence-electron chi connectivity index (χ1n) is 7.36. The predicted octanol–water partition coefficient (Wildman–Crippen LogP) is 3.87. The highest BCUT2D eigenvalue weighted by Gasteiger charge is 2.23. The molecule has 7 heteroatoms. The zero-order chi connectivity index (χ0) is 18.6. The third-order valence-electron chi connectivity index (χ3n) is 3.38. The Kier molecular flexibility index (Phi) is 5.88. The second-order valence-corrected chi connectivity index (χ2v) is 5.67. The van der Waals surface area contributed by atoms with E-state index in [2.05, 4.69) is 5.32 Å². The molecule has 130 valence electrons. The van der Waals surface area contributed by atoms with E-state index in [1.165, 1.54) is 26.0 Å². The molecule has 1 N–H and O–H groups in total. The number of carbonyl (C=O) groups excluding carboxylic acids is 3. The third kappa shape index (κ3) is 4.64. The molecule has 0 aliphatic heterocycles. The summed E-state index contributed by atoms with van der Waals surface area (Å²) >= 11 is 5.79. The van der Waals surface area contributed by atoms with Gasteiger partial charge >= 0.3 is 5.97 Å². The molecule has 2 aromatic carbocycles. The van der Waals surface area contributed by atoms with Crippen LogP contribution in [0.15, 0.2) is 42.5 Å². The van der Waals surface area contributed by atoms with Crippen molar-refractivity contribution in [3.8, 4) is 0 Å². The average Bonchev–Trinajstić information content (AvgIpc) is 2.55. The normalized spacial score (nSPS) is 11.5. The molecule has 5 nitrogen and oxygen atoms in total. The summed E-state index contributed by atoms with van der Waals surface area (Å²) in [5.74, 6) is -2.55. The summed E-state index contributed by atoms with van der Waals surface area (Å²) in [6.45, 7) is 2.79. The zero-order valence-corrected chi connectivity index (χ0v) is 14.3. The number of ether oxygens (including phenoxy) is 1. The van der Waals surface area contributed by atoms with Gasteiger partial charge < -0.3 is 10.1 Å². The van der Waals surface area contributed by atoms with Gasteiger partial charge in [-0.3, -0.25) is 9.59 Å². The fraction of sp³-hybridized carbons (Fsp3) is 0.167. The van der Waals surface area contributed by atoms with Gasteiger partial charge in [-0.05, 0) is 50.2 Å². The molecule has 0 saturated heterocycles. The van der Waals surface area contributed by atoms with E-state index < -0.39 is 29.4 Å². The van der Waals surface area contributed by atoms with Crippen molar-refractivity contribution in [2.45, 2.75) is 20.0 Å². The lowest BCUT2D eigenvalue weighted by molar-refractivity contribution is -0.123. The van der Waals surface area contributed by atoms with Crippen molar-refractivity contribution in [2.75, 3.05) is 5.32 Å². The number of rotatable bonds is 5. The highest BCUT2D eigenvalue weighted by molar-refractivity contribution is 6.33. The molecule has 1 atom stereocenters. The summed E-state index contributed by atoms with van der Waals surface area (Å²) in [6, 6.07) is 10.0. The maximum atomic E-state index is 13.7. The summed E-state index contributed by atoms with van der Waals surface area (Å²) in [6.07, 6.45) is -1.17. The molecule has 0 spiro atoms. The van der Waals surface area contributed by atoms with Crippen LogP contribution in [0.5, 0.6) is 0 Å². The molecular formula is C18H15ClFNO4. The monoisotopic (exact) mass is 363 g/mol. The number of benzene rings is 2. The van der Waals surface area contributed by atoms with Crippen LogP contribution in [0.2, 0.25) is 5.02 Å². The average molecular weight is 364 g/mol. The van der Waals surface area contributed by atoms with Crippen LogP contribution < -0.4 is 5.32 Å². The van der Waals surface area contributed by atoms with Crippen molar-refractivity contribution in [1.29, 1.82) is 0 Å². The lowest BCUT2D eigenvalue weighted by atomic mass is 10.1. The number of carbonyl (C=O) groups is 3. The number of halogens is 2. The number of anilines is 1. The summed E-state index contributed by atoms with van der Waals surface area (Å²) < 4.78 is 18.7. The fourth-order valence-electron chi connectivity index (χ4n) is 2.00. The maximum Gasteiger partial charge on any atom is 0.343 e. The Balaban J connectivity index is 2.02. The highest BCUT2D eigenvalue weighted by Crippen LogP contribution is 2.20. The molecule has 25 heavy (non-hydrogen) atoms. The van der Waals surface area contributed by atoms with Crippen LogP contribution >= 0.6 is 11.6 Å². The van der Waals surface area contributed by atoms with E-state index in [-0.39, 0.29) is 10.8 Å². The van der Waals surface area contributed by atoms with Gasteiger partial charge in [0.05, 0.1) is 5.02 Å². The number of hydrogen-bond acceptors (Lipinski definition) is 4. The number of amides is 1. The first kappa shape index (κ1) is 18.6. The van der Waals surface area contributed by atoms with Crippen LogP contribution in [0.4, 0.5) is 10.1 Å². The van der Waals surface area contributed by atoms with Crippen LogP contribution in [-0.2, 0) is 9.53 Å². The Hall–Kier alpha value is -2.73. The topological polar surface area (TPSA) is 72.5 Å². The first-order valence-corrected chi connectivity index (χ1v) is 7.74. The van der Waals surface area contributed by atoms with Crippen molar-refractivity contribution in [3.05, 3.63) is 64.4 Å². The lowest BCUT2D eigenvalue weighted by Crippen LogP contribution is -2.30. The van der Waals surface area contributed by atoms with Crippen LogP contribution in [0.25, 0.3) is 0 Å². The van der Waals surface area contributed by atoms with Crippen molar-refractivity contribution in [2.24, 2.45) is 0 Å². The Morgan fingerprint density at radius 2 is 1.76 bits per heavy atom. The van der Waals surface area contributed by atoms with Gasteiger partial charge in [0, 0.05) is 11.3 Å². The Morgan fingerprint density at radius 1 is 1.12 bits per heavy atom. The van der Waals surface area contributed by atoms with Gasteiger partial charge in [-0.25, -0.2) is 9.18 Å². The molecule has 0 radical (unpaired) electrons. The molecule has 2 aromatic rings. The number of nitrogens with one attached hydrogen (secondary N) is 1. The van der Waals surface area contributed by atoms with Gasteiger partial charge in [-0.1, -0.05) is 17.7 Å². The highest BCUT2D eigenvalue weighted by atomic mass is 35.5. The van der Waals surface area contributed by atoms with Gasteiger partial charge in [0.25, 0.3) is 5.91 Å². The van der Waals surface area contributed by atoms with Gasteiger partial charge in [0.1, 0.15) is 11.4 Å².